The van der Waals surface area contributed by atoms with Gasteiger partial charge in [-0.05, 0) is 13.3 Å². The molecule has 94 valence electrons. The van der Waals surface area contributed by atoms with Gasteiger partial charge in [0, 0.05) is 13.1 Å². The zero-order chi connectivity index (χ0) is 13.1. The molecule has 0 atom stereocenters. The second-order valence-corrected chi connectivity index (χ2v) is 2.61. The Labute approximate surface area is 93.4 Å². The number of hydrogen-bond donors (Lipinski definition) is 4. The first-order chi connectivity index (χ1) is 7.36. The van der Waals surface area contributed by atoms with Gasteiger partial charge in [-0.3, -0.25) is 15.3 Å². The number of nitrogens with zero attached hydrogens (tertiary/aromatic N) is 3. The van der Waals surface area contributed by atoms with Crippen molar-refractivity contribution in [1.29, 1.82) is 5.41 Å². The van der Waals surface area contributed by atoms with Gasteiger partial charge in [-0.25, -0.2) is 0 Å². The highest BCUT2D eigenvalue weighted by molar-refractivity contribution is 5.95. The standard InChI is InChI=1S/C7H17N5.HNO3/c1-3-5-12(6(8)9)7(10)11-4-2;2-1(3)4/h3-5H2,1-2H3,(H3,8,9)(H2,10,11);(H,2,3,4). The highest BCUT2D eigenvalue weighted by atomic mass is 16.9. The van der Waals surface area contributed by atoms with Crippen LogP contribution in [0.1, 0.15) is 20.3 Å². The largest absolute Gasteiger partial charge is 0.370 e. The molecule has 0 unspecified atom stereocenters. The molecule has 0 saturated carbocycles. The molecule has 0 aromatic rings. The molecular weight excluding hydrogens is 216 g/mol. The fraction of sp³-hybridized carbons (Fsp3) is 0.714. The van der Waals surface area contributed by atoms with Crippen molar-refractivity contribution in [2.75, 3.05) is 13.1 Å². The monoisotopic (exact) mass is 234 g/mol. The Morgan fingerprint density at radius 2 is 2.00 bits per heavy atom. The second kappa shape index (κ2) is 9.49. The molecule has 0 rings (SSSR count). The highest BCUT2D eigenvalue weighted by Gasteiger charge is 2.08. The van der Waals surface area contributed by atoms with E-state index in [1.165, 1.54) is 4.90 Å². The van der Waals surface area contributed by atoms with Crippen LogP contribution in [0.4, 0.5) is 0 Å². The van der Waals surface area contributed by atoms with E-state index in [1.807, 2.05) is 13.8 Å². The summed E-state index contributed by atoms with van der Waals surface area (Å²) in [4.78, 5) is 13.8. The molecule has 0 aliphatic heterocycles. The maximum Gasteiger partial charge on any atom is 0.291 e. The predicted octanol–water partition coefficient (Wildman–Crippen LogP) is -0.421. The smallest absolute Gasteiger partial charge is 0.291 e. The fourth-order valence-electron chi connectivity index (χ4n) is 0.829. The van der Waals surface area contributed by atoms with E-state index >= 15 is 0 Å². The van der Waals surface area contributed by atoms with Crippen molar-refractivity contribution in [3.8, 4) is 0 Å². The zero-order valence-corrected chi connectivity index (χ0v) is 9.38. The van der Waals surface area contributed by atoms with Gasteiger partial charge in [0.25, 0.3) is 5.09 Å². The Kier molecular flexibility index (Phi) is 9.71. The van der Waals surface area contributed by atoms with Crippen molar-refractivity contribution >= 4 is 11.9 Å². The van der Waals surface area contributed by atoms with Crippen LogP contribution in [0.5, 0.6) is 0 Å². The van der Waals surface area contributed by atoms with E-state index in [-0.39, 0.29) is 5.96 Å². The Morgan fingerprint density at radius 3 is 2.25 bits per heavy atom. The molecule has 0 aliphatic carbocycles. The van der Waals surface area contributed by atoms with Crippen LogP contribution in [-0.2, 0) is 0 Å². The van der Waals surface area contributed by atoms with Crippen LogP contribution >= 0.6 is 0 Å². The van der Waals surface area contributed by atoms with Gasteiger partial charge in [-0.2, -0.15) is 0 Å². The van der Waals surface area contributed by atoms with Gasteiger partial charge in [0.2, 0.25) is 0 Å². The summed E-state index contributed by atoms with van der Waals surface area (Å²) in [6.07, 6.45) is 0.888. The number of guanidine groups is 2. The lowest BCUT2D eigenvalue weighted by Crippen LogP contribution is -2.45. The summed E-state index contributed by atoms with van der Waals surface area (Å²) < 4.78 is 0. The molecule has 9 heteroatoms. The Bertz CT molecular complexity index is 251. The molecule has 0 amide bonds. The molecule has 0 saturated heterocycles. The lowest BCUT2D eigenvalue weighted by atomic mass is 10.4. The van der Waals surface area contributed by atoms with Crippen LogP contribution in [0.15, 0.2) is 4.99 Å². The quantitative estimate of drug-likeness (QED) is 0.225. The summed E-state index contributed by atoms with van der Waals surface area (Å²) in [5.41, 5.74) is 10.9. The molecule has 0 aromatic heterocycles. The minimum absolute atomic E-state index is 0.0495. The highest BCUT2D eigenvalue weighted by Crippen LogP contribution is 1.89. The van der Waals surface area contributed by atoms with Crippen LogP contribution in [-0.4, -0.2) is 40.2 Å². The Hall–Kier alpha value is -2.06. The van der Waals surface area contributed by atoms with E-state index in [0.29, 0.717) is 19.0 Å². The van der Waals surface area contributed by atoms with Gasteiger partial charge in [0.15, 0.2) is 11.9 Å². The van der Waals surface area contributed by atoms with Crippen LogP contribution in [0.25, 0.3) is 0 Å². The van der Waals surface area contributed by atoms with E-state index in [9.17, 15) is 0 Å². The molecule has 0 aromatic carbocycles. The predicted molar refractivity (Wildman–Crippen MR) is 59.9 cm³/mol. The normalized spacial score (nSPS) is 10.0. The summed E-state index contributed by atoms with van der Waals surface area (Å²) in [5, 5.41) is 20.8. The van der Waals surface area contributed by atoms with E-state index < -0.39 is 5.09 Å². The van der Waals surface area contributed by atoms with Gasteiger partial charge in [-0.1, -0.05) is 6.92 Å². The van der Waals surface area contributed by atoms with E-state index in [0.717, 1.165) is 6.42 Å². The number of nitrogens with one attached hydrogen (secondary N) is 1. The molecule has 0 heterocycles. The van der Waals surface area contributed by atoms with Crippen molar-refractivity contribution in [1.82, 2.24) is 4.90 Å². The first-order valence-electron chi connectivity index (χ1n) is 4.61. The minimum Gasteiger partial charge on any atom is -0.370 e. The fourth-order valence-corrected chi connectivity index (χ4v) is 0.829. The van der Waals surface area contributed by atoms with Crippen molar-refractivity contribution in [3.05, 3.63) is 10.1 Å². The molecule has 9 nitrogen and oxygen atoms in total. The van der Waals surface area contributed by atoms with Crippen molar-refractivity contribution in [2.45, 2.75) is 20.3 Å². The molecule has 16 heavy (non-hydrogen) atoms. The lowest BCUT2D eigenvalue weighted by molar-refractivity contribution is -0.742. The second-order valence-electron chi connectivity index (χ2n) is 2.61. The Morgan fingerprint density at radius 1 is 1.56 bits per heavy atom. The number of aliphatic imine (C=N–C) groups is 1. The maximum absolute atomic E-state index is 8.36. The molecule has 0 aliphatic rings. The molecule has 0 bridgehead atoms. The summed E-state index contributed by atoms with van der Waals surface area (Å²) >= 11 is 0. The third kappa shape index (κ3) is 10.0. The lowest BCUT2D eigenvalue weighted by Gasteiger charge is -2.20. The van der Waals surface area contributed by atoms with Crippen LogP contribution in [0.3, 0.4) is 0 Å². The molecular formula is C7H18N6O3. The summed E-state index contributed by atoms with van der Waals surface area (Å²) in [6, 6.07) is 0. The van der Waals surface area contributed by atoms with Crippen LogP contribution in [0.2, 0.25) is 0 Å². The average Bonchev–Trinajstić information content (AvgIpc) is 2.12. The third-order valence-electron chi connectivity index (χ3n) is 1.33. The zero-order valence-electron chi connectivity index (χ0n) is 9.38. The van der Waals surface area contributed by atoms with Gasteiger partial charge in [0.05, 0.1) is 0 Å². The van der Waals surface area contributed by atoms with Gasteiger partial charge in [-0.15, -0.1) is 10.1 Å². The van der Waals surface area contributed by atoms with E-state index in [1.54, 1.807) is 0 Å². The molecule has 0 spiro atoms. The number of rotatable bonds is 3. The Balaban J connectivity index is 0. The van der Waals surface area contributed by atoms with Crippen LogP contribution < -0.4 is 11.5 Å². The number of hydrogen-bond acceptors (Lipinski definition) is 4. The average molecular weight is 234 g/mol. The summed E-state index contributed by atoms with van der Waals surface area (Å²) in [7, 11) is 0. The SMILES string of the molecule is CCCN(C(=N)N)C(N)=NCC.O=[N+]([O-])O. The first-order valence-corrected chi connectivity index (χ1v) is 4.61. The molecule has 0 radical (unpaired) electrons. The van der Waals surface area contributed by atoms with Crippen molar-refractivity contribution in [2.24, 2.45) is 16.5 Å². The minimum atomic E-state index is -1.50. The topological polar surface area (TPSA) is 155 Å². The van der Waals surface area contributed by atoms with Crippen molar-refractivity contribution < 1.29 is 10.3 Å². The first kappa shape index (κ1) is 16.4. The molecule has 6 N–H and O–H groups in total. The third-order valence-corrected chi connectivity index (χ3v) is 1.33. The summed E-state index contributed by atoms with van der Waals surface area (Å²) in [6.45, 7) is 5.14. The van der Waals surface area contributed by atoms with E-state index in [2.05, 4.69) is 4.99 Å². The van der Waals surface area contributed by atoms with E-state index in [4.69, 9.17) is 32.2 Å². The van der Waals surface area contributed by atoms with Crippen molar-refractivity contribution in [3.63, 3.8) is 0 Å². The van der Waals surface area contributed by atoms with Gasteiger partial charge < -0.3 is 16.7 Å². The summed E-state index contributed by atoms with van der Waals surface area (Å²) in [5.74, 6) is 0.276. The van der Waals surface area contributed by atoms with Crippen LogP contribution in [0, 0.1) is 15.5 Å². The number of nitrogens with two attached hydrogens (primary N) is 2. The molecule has 0 fully saturated rings. The maximum atomic E-state index is 8.36. The van der Waals surface area contributed by atoms with Gasteiger partial charge in [0.1, 0.15) is 0 Å². The van der Waals surface area contributed by atoms with Gasteiger partial charge >= 0.3 is 0 Å².